The SMILES string of the molecule is CC(C)(C)Sc1ccncc1C#N. The van der Waals surface area contributed by atoms with Crippen molar-refractivity contribution in [2.45, 2.75) is 30.4 Å². The van der Waals surface area contributed by atoms with E-state index in [1.807, 2.05) is 6.07 Å². The van der Waals surface area contributed by atoms with Crippen LogP contribution in [-0.4, -0.2) is 9.73 Å². The van der Waals surface area contributed by atoms with Crippen LogP contribution in [0.1, 0.15) is 26.3 Å². The number of nitrogens with zero attached hydrogens (tertiary/aromatic N) is 2. The Morgan fingerprint density at radius 2 is 2.15 bits per heavy atom. The maximum absolute atomic E-state index is 8.81. The number of nitriles is 1. The van der Waals surface area contributed by atoms with E-state index in [4.69, 9.17) is 5.26 Å². The highest BCUT2D eigenvalue weighted by Gasteiger charge is 2.14. The molecule has 0 aromatic carbocycles. The molecule has 0 unspecified atom stereocenters. The van der Waals surface area contributed by atoms with Crippen molar-refractivity contribution in [3.63, 3.8) is 0 Å². The molecule has 0 spiro atoms. The molecule has 0 fully saturated rings. The van der Waals surface area contributed by atoms with E-state index in [2.05, 4.69) is 31.8 Å². The molecule has 2 nitrogen and oxygen atoms in total. The van der Waals surface area contributed by atoms with E-state index >= 15 is 0 Å². The van der Waals surface area contributed by atoms with Crippen molar-refractivity contribution in [2.75, 3.05) is 0 Å². The van der Waals surface area contributed by atoms with Crippen LogP contribution >= 0.6 is 11.8 Å². The molecular weight excluding hydrogens is 180 g/mol. The molecule has 0 saturated carbocycles. The third kappa shape index (κ3) is 3.08. The van der Waals surface area contributed by atoms with Crippen molar-refractivity contribution >= 4 is 11.8 Å². The number of aromatic nitrogens is 1. The van der Waals surface area contributed by atoms with Gasteiger partial charge in [0.05, 0.1) is 5.56 Å². The van der Waals surface area contributed by atoms with Crippen LogP contribution in [0.3, 0.4) is 0 Å². The zero-order valence-electron chi connectivity index (χ0n) is 8.03. The van der Waals surface area contributed by atoms with E-state index in [0.717, 1.165) is 4.90 Å². The fraction of sp³-hybridized carbons (Fsp3) is 0.400. The second-order valence-corrected chi connectivity index (χ2v) is 5.57. The summed E-state index contributed by atoms with van der Waals surface area (Å²) in [7, 11) is 0. The molecule has 0 N–H and O–H groups in total. The Balaban J connectivity index is 2.96. The summed E-state index contributed by atoms with van der Waals surface area (Å²) in [5.74, 6) is 0. The van der Waals surface area contributed by atoms with Crippen LogP contribution in [0.4, 0.5) is 0 Å². The van der Waals surface area contributed by atoms with Crippen LogP contribution in [0.2, 0.25) is 0 Å². The van der Waals surface area contributed by atoms with E-state index in [-0.39, 0.29) is 4.75 Å². The van der Waals surface area contributed by atoms with Crippen LogP contribution in [0.15, 0.2) is 23.4 Å². The summed E-state index contributed by atoms with van der Waals surface area (Å²) in [6.07, 6.45) is 3.32. The lowest BCUT2D eigenvalue weighted by atomic mass is 10.3. The van der Waals surface area contributed by atoms with Gasteiger partial charge in [0.2, 0.25) is 0 Å². The van der Waals surface area contributed by atoms with E-state index < -0.39 is 0 Å². The third-order valence-electron chi connectivity index (χ3n) is 1.32. The minimum absolute atomic E-state index is 0.132. The van der Waals surface area contributed by atoms with E-state index in [0.29, 0.717) is 5.56 Å². The molecule has 0 saturated heterocycles. The van der Waals surface area contributed by atoms with E-state index in [9.17, 15) is 0 Å². The number of thioether (sulfide) groups is 1. The van der Waals surface area contributed by atoms with Crippen LogP contribution in [0.5, 0.6) is 0 Å². The Kier molecular flexibility index (Phi) is 2.94. The molecule has 1 rings (SSSR count). The summed E-state index contributed by atoms with van der Waals surface area (Å²) in [5.41, 5.74) is 0.655. The van der Waals surface area contributed by atoms with Gasteiger partial charge in [-0.1, -0.05) is 20.8 Å². The standard InChI is InChI=1S/C10H12N2S/c1-10(2,3)13-9-4-5-12-7-8(9)6-11/h4-5,7H,1-3H3. The Bertz CT molecular complexity index is 334. The average Bonchev–Trinajstić information content (AvgIpc) is 2.02. The van der Waals surface area contributed by atoms with Gasteiger partial charge in [-0.25, -0.2) is 0 Å². The summed E-state index contributed by atoms with van der Waals surface area (Å²) in [5, 5.41) is 8.81. The summed E-state index contributed by atoms with van der Waals surface area (Å²) in [4.78, 5) is 4.91. The Hall–Kier alpha value is -1.01. The number of hydrogen-bond acceptors (Lipinski definition) is 3. The molecule has 0 atom stereocenters. The molecule has 0 bridgehead atoms. The predicted octanol–water partition coefficient (Wildman–Crippen LogP) is 2.84. The highest BCUT2D eigenvalue weighted by Crippen LogP contribution is 2.33. The highest BCUT2D eigenvalue weighted by atomic mass is 32.2. The summed E-state index contributed by atoms with van der Waals surface area (Å²) in [6, 6.07) is 4.02. The second-order valence-electron chi connectivity index (χ2n) is 3.70. The normalized spacial score (nSPS) is 10.9. The lowest BCUT2D eigenvalue weighted by Crippen LogP contribution is -2.07. The van der Waals surface area contributed by atoms with Gasteiger partial charge in [0.1, 0.15) is 6.07 Å². The van der Waals surface area contributed by atoms with Gasteiger partial charge in [-0.3, -0.25) is 4.98 Å². The predicted molar refractivity (Wildman–Crippen MR) is 54.6 cm³/mol. The smallest absolute Gasteiger partial charge is 0.102 e. The Morgan fingerprint density at radius 1 is 1.46 bits per heavy atom. The van der Waals surface area contributed by atoms with Crippen molar-refractivity contribution in [3.05, 3.63) is 24.0 Å². The van der Waals surface area contributed by atoms with Gasteiger partial charge in [0.15, 0.2) is 0 Å². The van der Waals surface area contributed by atoms with Gasteiger partial charge in [-0.15, -0.1) is 11.8 Å². The molecule has 0 aliphatic carbocycles. The lowest BCUT2D eigenvalue weighted by molar-refractivity contribution is 0.802. The topological polar surface area (TPSA) is 36.7 Å². The van der Waals surface area contributed by atoms with Gasteiger partial charge in [-0.2, -0.15) is 5.26 Å². The molecule has 1 heterocycles. The van der Waals surface area contributed by atoms with Crippen molar-refractivity contribution < 1.29 is 0 Å². The van der Waals surface area contributed by atoms with Gasteiger partial charge in [-0.05, 0) is 6.07 Å². The first-order valence-corrected chi connectivity index (χ1v) is 4.88. The molecule has 13 heavy (non-hydrogen) atoms. The Morgan fingerprint density at radius 3 is 2.69 bits per heavy atom. The van der Waals surface area contributed by atoms with Crippen molar-refractivity contribution in [2.24, 2.45) is 0 Å². The maximum Gasteiger partial charge on any atom is 0.102 e. The fourth-order valence-corrected chi connectivity index (χ4v) is 1.88. The van der Waals surface area contributed by atoms with Crippen LogP contribution in [0, 0.1) is 11.3 Å². The molecule has 0 aliphatic rings. The molecule has 1 aromatic heterocycles. The van der Waals surface area contributed by atoms with Crippen molar-refractivity contribution in [1.29, 1.82) is 5.26 Å². The van der Waals surface area contributed by atoms with Gasteiger partial charge in [0, 0.05) is 22.0 Å². The molecular formula is C10H12N2S. The first-order valence-electron chi connectivity index (χ1n) is 4.06. The molecule has 0 aliphatic heterocycles. The molecule has 0 amide bonds. The zero-order chi connectivity index (χ0) is 9.90. The number of rotatable bonds is 1. The molecule has 68 valence electrons. The fourth-order valence-electron chi connectivity index (χ4n) is 0.885. The highest BCUT2D eigenvalue weighted by molar-refractivity contribution is 8.00. The molecule has 1 aromatic rings. The number of hydrogen-bond donors (Lipinski definition) is 0. The van der Waals surface area contributed by atoms with Gasteiger partial charge < -0.3 is 0 Å². The lowest BCUT2D eigenvalue weighted by Gasteiger charge is -2.17. The average molecular weight is 192 g/mol. The van der Waals surface area contributed by atoms with Gasteiger partial charge in [0.25, 0.3) is 0 Å². The van der Waals surface area contributed by atoms with Crippen LogP contribution < -0.4 is 0 Å². The maximum atomic E-state index is 8.81. The summed E-state index contributed by atoms with van der Waals surface area (Å²) in [6.45, 7) is 6.37. The number of pyridine rings is 1. The first-order chi connectivity index (χ1) is 6.03. The van der Waals surface area contributed by atoms with Crippen LogP contribution in [0.25, 0.3) is 0 Å². The van der Waals surface area contributed by atoms with E-state index in [1.54, 1.807) is 24.2 Å². The zero-order valence-corrected chi connectivity index (χ0v) is 8.85. The van der Waals surface area contributed by atoms with Gasteiger partial charge >= 0.3 is 0 Å². The quantitative estimate of drug-likeness (QED) is 0.642. The van der Waals surface area contributed by atoms with Crippen LogP contribution in [-0.2, 0) is 0 Å². The first kappa shape index (κ1) is 10.1. The molecule has 3 heteroatoms. The second kappa shape index (κ2) is 3.80. The minimum Gasteiger partial charge on any atom is -0.263 e. The molecule has 0 radical (unpaired) electrons. The third-order valence-corrected chi connectivity index (χ3v) is 2.51. The van der Waals surface area contributed by atoms with E-state index in [1.165, 1.54) is 0 Å². The summed E-state index contributed by atoms with van der Waals surface area (Å²) < 4.78 is 0.132. The van der Waals surface area contributed by atoms with Crippen molar-refractivity contribution in [1.82, 2.24) is 4.98 Å². The minimum atomic E-state index is 0.132. The summed E-state index contributed by atoms with van der Waals surface area (Å²) >= 11 is 1.69. The monoisotopic (exact) mass is 192 g/mol. The van der Waals surface area contributed by atoms with Crippen molar-refractivity contribution in [3.8, 4) is 6.07 Å². The largest absolute Gasteiger partial charge is 0.263 e. The Labute approximate surface area is 83.0 Å².